The topological polar surface area (TPSA) is 74.9 Å². The fourth-order valence-corrected chi connectivity index (χ4v) is 3.10. The molecular weight excluding hydrogens is 320 g/mol. The van der Waals surface area contributed by atoms with Crippen LogP contribution in [0.25, 0.3) is 0 Å². The summed E-state index contributed by atoms with van der Waals surface area (Å²) >= 11 is 0. The molecule has 1 fully saturated rings. The van der Waals surface area contributed by atoms with E-state index in [1.807, 2.05) is 24.3 Å². The molecule has 1 saturated heterocycles. The summed E-state index contributed by atoms with van der Waals surface area (Å²) in [6.07, 6.45) is 1.51. The highest BCUT2D eigenvalue weighted by molar-refractivity contribution is 5.88. The number of benzene rings is 1. The van der Waals surface area contributed by atoms with Crippen LogP contribution >= 0.6 is 0 Å². The van der Waals surface area contributed by atoms with Crippen LogP contribution in [0.5, 0.6) is 0 Å². The number of carbonyl (C=O) groups is 1. The van der Waals surface area contributed by atoms with E-state index in [0.29, 0.717) is 25.4 Å². The van der Waals surface area contributed by atoms with Gasteiger partial charge in [-0.15, -0.1) is 0 Å². The number of carbonyl (C=O) groups excluding carboxylic acids is 1. The summed E-state index contributed by atoms with van der Waals surface area (Å²) in [4.78, 5) is 13.4. The standard InChI is InChI=1S/C19H24N2O4/c1-14(22)20-16-6-4-15(5-7-16)12-21-8-10-24-13-17(21)11-18(23)19-3-2-9-25-19/h2-7,9,17-18,23H,8,10-13H2,1H3,(H,20,22). The van der Waals surface area contributed by atoms with Crippen molar-refractivity contribution in [3.05, 3.63) is 54.0 Å². The molecule has 2 aromatic rings. The van der Waals surface area contributed by atoms with Gasteiger partial charge >= 0.3 is 0 Å². The maximum atomic E-state index is 11.1. The van der Waals surface area contributed by atoms with Crippen molar-refractivity contribution in [2.24, 2.45) is 0 Å². The molecular formula is C19H24N2O4. The molecule has 6 nitrogen and oxygen atoms in total. The number of hydrogen-bond acceptors (Lipinski definition) is 5. The Bertz CT molecular complexity index is 669. The van der Waals surface area contributed by atoms with Crippen LogP contribution in [0.1, 0.15) is 30.8 Å². The molecule has 1 aromatic heterocycles. The SMILES string of the molecule is CC(=O)Nc1ccc(CN2CCOCC2CC(O)c2ccco2)cc1. The van der Waals surface area contributed by atoms with Crippen LogP contribution in [0.4, 0.5) is 5.69 Å². The lowest BCUT2D eigenvalue weighted by molar-refractivity contribution is -0.114. The number of nitrogens with one attached hydrogen (secondary N) is 1. The number of aliphatic hydroxyl groups is 1. The van der Waals surface area contributed by atoms with E-state index in [1.54, 1.807) is 18.4 Å². The van der Waals surface area contributed by atoms with Gasteiger partial charge in [-0.3, -0.25) is 9.69 Å². The number of amides is 1. The smallest absolute Gasteiger partial charge is 0.221 e. The Morgan fingerprint density at radius 1 is 1.36 bits per heavy atom. The number of morpholine rings is 1. The minimum Gasteiger partial charge on any atom is -0.467 e. The van der Waals surface area contributed by atoms with Crippen LogP contribution in [-0.2, 0) is 16.1 Å². The van der Waals surface area contributed by atoms with Crippen molar-refractivity contribution in [3.8, 4) is 0 Å². The third-order valence-corrected chi connectivity index (χ3v) is 4.38. The molecule has 2 unspecified atom stereocenters. The van der Waals surface area contributed by atoms with Gasteiger partial charge in [-0.25, -0.2) is 0 Å². The second kappa shape index (κ2) is 8.29. The highest BCUT2D eigenvalue weighted by atomic mass is 16.5. The maximum Gasteiger partial charge on any atom is 0.221 e. The van der Waals surface area contributed by atoms with Crippen LogP contribution < -0.4 is 5.32 Å². The van der Waals surface area contributed by atoms with Crippen LogP contribution in [0.3, 0.4) is 0 Å². The number of furan rings is 1. The Labute approximate surface area is 147 Å². The second-order valence-corrected chi connectivity index (χ2v) is 6.34. The van der Waals surface area contributed by atoms with Gasteiger partial charge in [-0.1, -0.05) is 12.1 Å². The molecule has 1 aliphatic heterocycles. The molecule has 0 saturated carbocycles. The molecule has 2 atom stereocenters. The Morgan fingerprint density at radius 3 is 2.84 bits per heavy atom. The lowest BCUT2D eigenvalue weighted by Gasteiger charge is -2.36. The van der Waals surface area contributed by atoms with E-state index >= 15 is 0 Å². The fraction of sp³-hybridized carbons (Fsp3) is 0.421. The molecule has 0 aliphatic carbocycles. The van der Waals surface area contributed by atoms with E-state index in [4.69, 9.17) is 9.15 Å². The highest BCUT2D eigenvalue weighted by Crippen LogP contribution is 2.24. The second-order valence-electron chi connectivity index (χ2n) is 6.34. The Hall–Kier alpha value is -2.15. The monoisotopic (exact) mass is 344 g/mol. The summed E-state index contributed by atoms with van der Waals surface area (Å²) in [6, 6.07) is 11.5. The largest absolute Gasteiger partial charge is 0.467 e. The first-order chi connectivity index (χ1) is 12.1. The predicted octanol–water partition coefficient (Wildman–Crippen LogP) is 2.56. The molecule has 0 radical (unpaired) electrons. The molecule has 2 N–H and O–H groups in total. The van der Waals surface area contributed by atoms with E-state index in [0.717, 1.165) is 24.3 Å². The zero-order valence-corrected chi connectivity index (χ0v) is 14.4. The van der Waals surface area contributed by atoms with Gasteiger partial charge in [-0.05, 0) is 36.2 Å². The van der Waals surface area contributed by atoms with E-state index in [9.17, 15) is 9.90 Å². The van der Waals surface area contributed by atoms with Gasteiger partial charge in [0.1, 0.15) is 11.9 Å². The quantitative estimate of drug-likeness (QED) is 0.842. The zero-order valence-electron chi connectivity index (χ0n) is 14.4. The first-order valence-electron chi connectivity index (χ1n) is 8.51. The van der Waals surface area contributed by atoms with Crippen LogP contribution in [0.15, 0.2) is 47.1 Å². The molecule has 6 heteroatoms. The summed E-state index contributed by atoms with van der Waals surface area (Å²) in [5, 5.41) is 13.1. The number of nitrogens with zero attached hydrogens (tertiary/aromatic N) is 1. The molecule has 0 bridgehead atoms. The molecule has 1 aromatic carbocycles. The number of anilines is 1. The van der Waals surface area contributed by atoms with Crippen molar-refractivity contribution in [2.45, 2.75) is 32.0 Å². The van der Waals surface area contributed by atoms with Gasteiger partial charge < -0.3 is 19.6 Å². The van der Waals surface area contributed by atoms with Crippen molar-refractivity contribution in [1.29, 1.82) is 0 Å². The summed E-state index contributed by atoms with van der Waals surface area (Å²) in [5.74, 6) is 0.512. The average Bonchev–Trinajstić information content (AvgIpc) is 3.12. The Balaban J connectivity index is 1.61. The molecule has 25 heavy (non-hydrogen) atoms. The highest BCUT2D eigenvalue weighted by Gasteiger charge is 2.27. The third-order valence-electron chi connectivity index (χ3n) is 4.38. The average molecular weight is 344 g/mol. The van der Waals surface area contributed by atoms with Crippen molar-refractivity contribution < 1.29 is 19.1 Å². The van der Waals surface area contributed by atoms with E-state index in [2.05, 4.69) is 10.2 Å². The van der Waals surface area contributed by atoms with E-state index in [1.165, 1.54) is 6.92 Å². The Kier molecular flexibility index (Phi) is 5.86. The summed E-state index contributed by atoms with van der Waals surface area (Å²) in [5.41, 5.74) is 1.96. The van der Waals surface area contributed by atoms with Gasteiger partial charge in [-0.2, -0.15) is 0 Å². The van der Waals surface area contributed by atoms with Crippen molar-refractivity contribution in [2.75, 3.05) is 25.1 Å². The predicted molar refractivity (Wildman–Crippen MR) is 94.0 cm³/mol. The van der Waals surface area contributed by atoms with E-state index < -0.39 is 6.10 Å². The normalized spacial score (nSPS) is 19.5. The van der Waals surface area contributed by atoms with Gasteiger partial charge in [0, 0.05) is 31.7 Å². The minimum absolute atomic E-state index is 0.0760. The number of rotatable bonds is 6. The first-order valence-corrected chi connectivity index (χ1v) is 8.51. The van der Waals surface area contributed by atoms with Crippen molar-refractivity contribution in [1.82, 2.24) is 4.90 Å². The molecule has 134 valence electrons. The van der Waals surface area contributed by atoms with Crippen molar-refractivity contribution >= 4 is 11.6 Å². The van der Waals surface area contributed by atoms with Crippen LogP contribution in [0.2, 0.25) is 0 Å². The number of aliphatic hydroxyl groups excluding tert-OH is 1. The lowest BCUT2D eigenvalue weighted by Crippen LogP contribution is -2.45. The molecule has 1 amide bonds. The first kappa shape index (κ1) is 17.7. The number of ether oxygens (including phenoxy) is 1. The van der Waals surface area contributed by atoms with Gasteiger partial charge in [0.05, 0.1) is 19.5 Å². The molecule has 1 aliphatic rings. The van der Waals surface area contributed by atoms with Crippen molar-refractivity contribution in [3.63, 3.8) is 0 Å². The van der Waals surface area contributed by atoms with Gasteiger partial charge in [0.15, 0.2) is 0 Å². The molecule has 0 spiro atoms. The van der Waals surface area contributed by atoms with Crippen LogP contribution in [0, 0.1) is 0 Å². The van der Waals surface area contributed by atoms with Gasteiger partial charge in [0.2, 0.25) is 5.91 Å². The summed E-state index contributed by atoms with van der Waals surface area (Å²) in [7, 11) is 0. The molecule has 2 heterocycles. The van der Waals surface area contributed by atoms with Crippen LogP contribution in [-0.4, -0.2) is 41.7 Å². The number of hydrogen-bond donors (Lipinski definition) is 2. The summed E-state index contributed by atoms with van der Waals surface area (Å²) < 4.78 is 10.9. The van der Waals surface area contributed by atoms with E-state index in [-0.39, 0.29) is 11.9 Å². The summed E-state index contributed by atoms with van der Waals surface area (Å²) in [6.45, 7) is 4.39. The fourth-order valence-electron chi connectivity index (χ4n) is 3.10. The minimum atomic E-state index is -0.633. The Morgan fingerprint density at radius 2 is 2.16 bits per heavy atom. The maximum absolute atomic E-state index is 11.1. The lowest BCUT2D eigenvalue weighted by atomic mass is 10.0. The third kappa shape index (κ3) is 4.92. The zero-order chi connectivity index (χ0) is 17.6. The molecule has 3 rings (SSSR count). The van der Waals surface area contributed by atoms with Gasteiger partial charge in [0.25, 0.3) is 0 Å².